The average Bonchev–Trinajstić information content (AvgIpc) is 2.85. The molecular weight excluding hydrogens is 420 g/mol. The molecule has 4 aromatic carbocycles. The van der Waals surface area contributed by atoms with Crippen LogP contribution >= 0.6 is 0 Å². The first-order valence-electron chi connectivity index (χ1n) is 10.1. The van der Waals surface area contributed by atoms with E-state index in [-0.39, 0.29) is 16.4 Å². The standard InChI is InChI=1S/C26H22N2O3S/c1-28(22-14-6-3-7-15-22)32(30,31)23-16-10-13-21(19-23)26(29)27-25-18-9-8-17-24(25)20-11-4-2-5-12-20/h2-19H,1H3,(H,27,29). The molecule has 0 aliphatic carbocycles. The molecule has 0 bridgehead atoms. The van der Waals surface area contributed by atoms with Crippen LogP contribution in [0.25, 0.3) is 11.1 Å². The highest BCUT2D eigenvalue weighted by Crippen LogP contribution is 2.28. The first-order chi connectivity index (χ1) is 15.5. The number of nitrogens with one attached hydrogen (secondary N) is 1. The first kappa shape index (κ1) is 21.3. The van der Waals surface area contributed by atoms with Gasteiger partial charge in [-0.3, -0.25) is 9.10 Å². The summed E-state index contributed by atoms with van der Waals surface area (Å²) in [6, 6.07) is 32.1. The molecule has 0 unspecified atom stereocenters. The summed E-state index contributed by atoms with van der Waals surface area (Å²) >= 11 is 0. The van der Waals surface area contributed by atoms with E-state index in [2.05, 4.69) is 5.32 Å². The number of carbonyl (C=O) groups is 1. The summed E-state index contributed by atoms with van der Waals surface area (Å²) in [5.74, 6) is -0.382. The van der Waals surface area contributed by atoms with Gasteiger partial charge in [0, 0.05) is 23.9 Å². The molecule has 0 spiro atoms. The maximum absolute atomic E-state index is 13.1. The normalized spacial score (nSPS) is 11.0. The number of hydrogen-bond donors (Lipinski definition) is 1. The number of nitrogens with zero attached hydrogens (tertiary/aromatic N) is 1. The number of para-hydroxylation sites is 2. The summed E-state index contributed by atoms with van der Waals surface area (Å²) in [6.45, 7) is 0. The van der Waals surface area contributed by atoms with E-state index in [0.717, 1.165) is 11.1 Å². The van der Waals surface area contributed by atoms with Gasteiger partial charge in [-0.15, -0.1) is 0 Å². The molecule has 4 aromatic rings. The molecule has 1 amide bonds. The molecule has 0 heterocycles. The Morgan fingerprint density at radius 1 is 0.750 bits per heavy atom. The predicted octanol–water partition coefficient (Wildman–Crippen LogP) is 5.43. The van der Waals surface area contributed by atoms with Crippen LogP contribution in [-0.2, 0) is 10.0 Å². The van der Waals surface area contributed by atoms with Gasteiger partial charge in [-0.2, -0.15) is 0 Å². The first-order valence-corrected chi connectivity index (χ1v) is 11.5. The molecule has 0 aliphatic heterocycles. The monoisotopic (exact) mass is 442 g/mol. The van der Waals surface area contributed by atoms with Crippen LogP contribution < -0.4 is 9.62 Å². The number of anilines is 2. The zero-order valence-electron chi connectivity index (χ0n) is 17.5. The Balaban J connectivity index is 1.62. The van der Waals surface area contributed by atoms with Crippen LogP contribution in [0.2, 0.25) is 0 Å². The third-order valence-electron chi connectivity index (χ3n) is 5.13. The molecule has 0 radical (unpaired) electrons. The average molecular weight is 443 g/mol. The molecule has 0 aromatic heterocycles. The van der Waals surface area contributed by atoms with E-state index >= 15 is 0 Å². The minimum Gasteiger partial charge on any atom is -0.321 e. The fraction of sp³-hybridized carbons (Fsp3) is 0.0385. The van der Waals surface area contributed by atoms with Crippen LogP contribution in [0.15, 0.2) is 114 Å². The van der Waals surface area contributed by atoms with Gasteiger partial charge in [-0.1, -0.05) is 72.8 Å². The lowest BCUT2D eigenvalue weighted by Crippen LogP contribution is -2.26. The Hall–Kier alpha value is -3.90. The van der Waals surface area contributed by atoms with Gasteiger partial charge in [0.25, 0.3) is 15.9 Å². The van der Waals surface area contributed by atoms with Crippen LogP contribution in [0.4, 0.5) is 11.4 Å². The molecule has 0 saturated heterocycles. The number of hydrogen-bond acceptors (Lipinski definition) is 3. The molecule has 4 rings (SSSR count). The summed E-state index contributed by atoms with van der Waals surface area (Å²) < 4.78 is 27.4. The van der Waals surface area contributed by atoms with Crippen LogP contribution in [0.5, 0.6) is 0 Å². The van der Waals surface area contributed by atoms with E-state index in [1.807, 2.05) is 60.7 Å². The highest BCUT2D eigenvalue weighted by molar-refractivity contribution is 7.92. The molecule has 5 nitrogen and oxygen atoms in total. The van der Waals surface area contributed by atoms with Gasteiger partial charge < -0.3 is 5.32 Å². The molecule has 0 aliphatic rings. The van der Waals surface area contributed by atoms with E-state index in [1.54, 1.807) is 36.4 Å². The molecule has 160 valence electrons. The third-order valence-corrected chi connectivity index (χ3v) is 6.92. The SMILES string of the molecule is CN(c1ccccc1)S(=O)(=O)c1cccc(C(=O)Nc2ccccc2-c2ccccc2)c1. The molecule has 6 heteroatoms. The lowest BCUT2D eigenvalue weighted by atomic mass is 10.0. The second-order valence-corrected chi connectivity index (χ2v) is 9.17. The van der Waals surface area contributed by atoms with Crippen molar-refractivity contribution >= 4 is 27.3 Å². The van der Waals surface area contributed by atoms with E-state index in [1.165, 1.54) is 23.5 Å². The maximum Gasteiger partial charge on any atom is 0.264 e. The van der Waals surface area contributed by atoms with Gasteiger partial charge in [0.1, 0.15) is 0 Å². The van der Waals surface area contributed by atoms with E-state index in [0.29, 0.717) is 11.4 Å². The Kier molecular flexibility index (Phi) is 6.05. The summed E-state index contributed by atoms with van der Waals surface area (Å²) in [6.07, 6.45) is 0. The van der Waals surface area contributed by atoms with Crippen molar-refractivity contribution in [2.24, 2.45) is 0 Å². The summed E-state index contributed by atoms with van der Waals surface area (Å²) in [7, 11) is -2.33. The number of amides is 1. The van der Waals surface area contributed by atoms with Crippen LogP contribution in [-0.4, -0.2) is 21.4 Å². The van der Waals surface area contributed by atoms with E-state index < -0.39 is 10.0 Å². The maximum atomic E-state index is 13.1. The zero-order chi connectivity index (χ0) is 22.6. The van der Waals surface area contributed by atoms with Crippen molar-refractivity contribution < 1.29 is 13.2 Å². The van der Waals surface area contributed by atoms with Gasteiger partial charge in [-0.05, 0) is 42.0 Å². The molecule has 1 N–H and O–H groups in total. The minimum absolute atomic E-state index is 0.0489. The minimum atomic E-state index is -3.82. The predicted molar refractivity (Wildman–Crippen MR) is 128 cm³/mol. The van der Waals surface area contributed by atoms with Gasteiger partial charge in [-0.25, -0.2) is 8.42 Å². The van der Waals surface area contributed by atoms with Crippen molar-refractivity contribution in [1.29, 1.82) is 0 Å². The van der Waals surface area contributed by atoms with Crippen molar-refractivity contribution in [3.63, 3.8) is 0 Å². The summed E-state index contributed by atoms with van der Waals surface area (Å²) in [5, 5.41) is 2.92. The number of rotatable bonds is 6. The van der Waals surface area contributed by atoms with Gasteiger partial charge in [0.05, 0.1) is 10.6 Å². The molecule has 0 fully saturated rings. The van der Waals surface area contributed by atoms with Crippen molar-refractivity contribution in [2.45, 2.75) is 4.90 Å². The smallest absolute Gasteiger partial charge is 0.264 e. The summed E-state index contributed by atoms with van der Waals surface area (Å²) in [4.78, 5) is 13.0. The van der Waals surface area contributed by atoms with E-state index in [4.69, 9.17) is 0 Å². The Bertz CT molecular complexity index is 1340. The van der Waals surface area contributed by atoms with Crippen molar-refractivity contribution in [1.82, 2.24) is 0 Å². The van der Waals surface area contributed by atoms with Gasteiger partial charge in [0.15, 0.2) is 0 Å². The van der Waals surface area contributed by atoms with Gasteiger partial charge in [0.2, 0.25) is 0 Å². The highest BCUT2D eigenvalue weighted by Gasteiger charge is 2.22. The van der Waals surface area contributed by atoms with E-state index in [9.17, 15) is 13.2 Å². The van der Waals surface area contributed by atoms with Crippen molar-refractivity contribution in [3.8, 4) is 11.1 Å². The fourth-order valence-corrected chi connectivity index (χ4v) is 4.63. The number of carbonyl (C=O) groups excluding carboxylic acids is 1. The van der Waals surface area contributed by atoms with Crippen molar-refractivity contribution in [2.75, 3.05) is 16.7 Å². The lowest BCUT2D eigenvalue weighted by molar-refractivity contribution is 0.102. The molecule has 0 saturated carbocycles. The van der Waals surface area contributed by atoms with Crippen LogP contribution in [0, 0.1) is 0 Å². The largest absolute Gasteiger partial charge is 0.321 e. The topological polar surface area (TPSA) is 66.5 Å². The Morgan fingerprint density at radius 2 is 1.38 bits per heavy atom. The molecular formula is C26H22N2O3S. The van der Waals surface area contributed by atoms with Crippen LogP contribution in [0.3, 0.4) is 0 Å². The third kappa shape index (κ3) is 4.40. The Labute approximate surface area is 188 Å². The summed E-state index contributed by atoms with van der Waals surface area (Å²) in [5.41, 5.74) is 3.31. The second-order valence-electron chi connectivity index (χ2n) is 7.20. The molecule has 0 atom stereocenters. The quantitative estimate of drug-likeness (QED) is 0.433. The molecule has 32 heavy (non-hydrogen) atoms. The Morgan fingerprint density at radius 3 is 2.09 bits per heavy atom. The second kappa shape index (κ2) is 9.08. The van der Waals surface area contributed by atoms with Crippen LogP contribution in [0.1, 0.15) is 10.4 Å². The van der Waals surface area contributed by atoms with Crippen molar-refractivity contribution in [3.05, 3.63) is 115 Å². The number of sulfonamides is 1. The fourth-order valence-electron chi connectivity index (χ4n) is 3.39. The number of benzene rings is 4. The lowest BCUT2D eigenvalue weighted by Gasteiger charge is -2.19. The zero-order valence-corrected chi connectivity index (χ0v) is 18.3. The highest BCUT2D eigenvalue weighted by atomic mass is 32.2. The van der Waals surface area contributed by atoms with Gasteiger partial charge >= 0.3 is 0 Å².